The van der Waals surface area contributed by atoms with Crippen molar-refractivity contribution in [3.8, 4) is 0 Å². The highest BCUT2D eigenvalue weighted by molar-refractivity contribution is 5.82. The van der Waals surface area contributed by atoms with Crippen LogP contribution in [0, 0.1) is 5.92 Å². The molecule has 44 valence electrons. The topological polar surface area (TPSA) is 29.1 Å². The number of piperidine rings is 1. The Bertz CT molecular complexity index is 132. The molecule has 1 saturated heterocycles. The van der Waals surface area contributed by atoms with Gasteiger partial charge in [0.15, 0.2) is 0 Å². The second-order valence-corrected chi connectivity index (χ2v) is 2.72. The second kappa shape index (κ2) is 1.24. The maximum atomic E-state index is 10.7. The average Bonchev–Trinajstić information content (AvgIpc) is 2.23. The number of amides is 1. The first-order valence-electron chi connectivity index (χ1n) is 3.16. The molecule has 0 unspecified atom stereocenters. The molecule has 2 heteroatoms. The van der Waals surface area contributed by atoms with Crippen LogP contribution in [0.2, 0.25) is 0 Å². The van der Waals surface area contributed by atoms with Crippen LogP contribution >= 0.6 is 0 Å². The van der Waals surface area contributed by atoms with Gasteiger partial charge in [-0.3, -0.25) is 4.79 Å². The van der Waals surface area contributed by atoms with E-state index in [1.807, 2.05) is 0 Å². The molecule has 1 aliphatic heterocycles. The first-order valence-corrected chi connectivity index (χ1v) is 3.16. The molecule has 0 spiro atoms. The van der Waals surface area contributed by atoms with Crippen LogP contribution in [0.4, 0.5) is 0 Å². The van der Waals surface area contributed by atoms with Gasteiger partial charge in [-0.05, 0) is 19.3 Å². The van der Waals surface area contributed by atoms with Crippen molar-refractivity contribution >= 4 is 5.91 Å². The minimum atomic E-state index is 0.293. The molecule has 1 amide bonds. The Morgan fingerprint density at radius 3 is 2.62 bits per heavy atom. The first kappa shape index (κ1) is 4.36. The summed E-state index contributed by atoms with van der Waals surface area (Å²) >= 11 is 0. The molecule has 2 rings (SSSR count). The van der Waals surface area contributed by atoms with Gasteiger partial charge in [0.25, 0.3) is 0 Å². The molecule has 2 nitrogen and oxygen atoms in total. The number of fused-ring (bicyclic) bond motifs is 2. The largest absolute Gasteiger partial charge is 0.353 e. The molecule has 1 saturated carbocycles. The minimum Gasteiger partial charge on any atom is -0.353 e. The first-order chi connectivity index (χ1) is 3.86. The average molecular weight is 111 g/mol. The molecule has 0 aromatic heterocycles. The van der Waals surface area contributed by atoms with E-state index in [0.29, 0.717) is 17.9 Å². The summed E-state index contributed by atoms with van der Waals surface area (Å²) < 4.78 is 0. The number of carbonyl (C=O) groups is 1. The standard InChI is InChI=1S/C6H9NO/c8-6-4-1-2-5(3-4)7-6/h4-5H,1-3H2,(H,7,8)/t4-,5-/m1/s1. The van der Waals surface area contributed by atoms with Gasteiger partial charge in [0, 0.05) is 12.0 Å². The van der Waals surface area contributed by atoms with Crippen LogP contribution in [0.15, 0.2) is 0 Å². The van der Waals surface area contributed by atoms with E-state index in [4.69, 9.17) is 0 Å². The number of nitrogens with one attached hydrogen (secondary N) is 1. The SMILES string of the molecule is O=C1N[C@@H]2CC[C@@H]1C2. The normalized spacial score (nSPS) is 42.8. The Hall–Kier alpha value is -0.530. The van der Waals surface area contributed by atoms with Crippen LogP contribution < -0.4 is 5.32 Å². The van der Waals surface area contributed by atoms with Crippen molar-refractivity contribution in [1.29, 1.82) is 0 Å². The monoisotopic (exact) mass is 111 g/mol. The number of hydrogen-bond acceptors (Lipinski definition) is 1. The Labute approximate surface area is 48.3 Å². The third-order valence-corrected chi connectivity index (χ3v) is 2.15. The van der Waals surface area contributed by atoms with E-state index in [2.05, 4.69) is 5.32 Å². The fourth-order valence-corrected chi connectivity index (χ4v) is 1.67. The zero-order valence-electron chi connectivity index (χ0n) is 4.68. The van der Waals surface area contributed by atoms with Crippen LogP contribution in [0.25, 0.3) is 0 Å². The summed E-state index contributed by atoms with van der Waals surface area (Å²) in [5.41, 5.74) is 0. The molecule has 8 heavy (non-hydrogen) atoms. The van der Waals surface area contributed by atoms with Crippen molar-refractivity contribution in [2.75, 3.05) is 0 Å². The third kappa shape index (κ3) is 0.403. The van der Waals surface area contributed by atoms with Crippen LogP contribution in [0.3, 0.4) is 0 Å². The highest BCUT2D eigenvalue weighted by Crippen LogP contribution is 2.31. The van der Waals surface area contributed by atoms with E-state index in [-0.39, 0.29) is 0 Å². The number of rotatable bonds is 0. The molecular formula is C6H9NO. The van der Waals surface area contributed by atoms with Gasteiger partial charge in [-0.2, -0.15) is 0 Å². The van der Waals surface area contributed by atoms with E-state index in [0.717, 1.165) is 12.8 Å². The van der Waals surface area contributed by atoms with Gasteiger partial charge in [-0.25, -0.2) is 0 Å². The number of hydrogen-bond donors (Lipinski definition) is 1. The summed E-state index contributed by atoms with van der Waals surface area (Å²) in [4.78, 5) is 10.7. The van der Waals surface area contributed by atoms with Gasteiger partial charge in [0.05, 0.1) is 0 Å². The molecule has 1 N–H and O–H groups in total. The Morgan fingerprint density at radius 2 is 2.38 bits per heavy atom. The number of carbonyl (C=O) groups excluding carboxylic acids is 1. The van der Waals surface area contributed by atoms with E-state index in [1.54, 1.807) is 0 Å². The van der Waals surface area contributed by atoms with E-state index < -0.39 is 0 Å². The fraction of sp³-hybridized carbons (Fsp3) is 0.833. The summed E-state index contributed by atoms with van der Waals surface area (Å²) in [5.74, 6) is 0.682. The molecule has 0 aromatic carbocycles. The summed E-state index contributed by atoms with van der Waals surface area (Å²) in [5, 5.41) is 2.91. The zero-order valence-corrected chi connectivity index (χ0v) is 4.68. The van der Waals surface area contributed by atoms with Gasteiger partial charge in [-0.1, -0.05) is 0 Å². The van der Waals surface area contributed by atoms with Crippen molar-refractivity contribution in [2.24, 2.45) is 5.92 Å². The predicted octanol–water partition coefficient (Wildman–Crippen LogP) is 0.285. The molecule has 2 aliphatic rings. The van der Waals surface area contributed by atoms with E-state index in [1.165, 1.54) is 6.42 Å². The van der Waals surface area contributed by atoms with Crippen molar-refractivity contribution in [1.82, 2.24) is 5.32 Å². The fourth-order valence-electron chi connectivity index (χ4n) is 1.67. The molecule has 0 aromatic rings. The lowest BCUT2D eigenvalue weighted by Gasteiger charge is -2.08. The van der Waals surface area contributed by atoms with Crippen LogP contribution in [0.5, 0.6) is 0 Å². The van der Waals surface area contributed by atoms with Gasteiger partial charge in [0.1, 0.15) is 0 Å². The maximum absolute atomic E-state index is 10.7. The summed E-state index contributed by atoms with van der Waals surface area (Å²) in [6.07, 6.45) is 3.46. The highest BCUT2D eigenvalue weighted by Gasteiger charge is 2.37. The Kier molecular flexibility index (Phi) is 0.678. The minimum absolute atomic E-state index is 0.293. The van der Waals surface area contributed by atoms with Crippen molar-refractivity contribution in [3.63, 3.8) is 0 Å². The van der Waals surface area contributed by atoms with Crippen molar-refractivity contribution in [2.45, 2.75) is 25.3 Å². The lowest BCUT2D eigenvalue weighted by molar-refractivity contribution is -0.123. The summed E-state index contributed by atoms with van der Waals surface area (Å²) in [6, 6.07) is 0.549. The van der Waals surface area contributed by atoms with E-state index in [9.17, 15) is 4.79 Å². The molecule has 2 bridgehead atoms. The Balaban J connectivity index is 2.22. The highest BCUT2D eigenvalue weighted by atomic mass is 16.2. The zero-order chi connectivity index (χ0) is 5.56. The van der Waals surface area contributed by atoms with Crippen molar-refractivity contribution < 1.29 is 4.79 Å². The lowest BCUT2D eigenvalue weighted by Crippen LogP contribution is -2.30. The molecule has 0 radical (unpaired) electrons. The third-order valence-electron chi connectivity index (χ3n) is 2.15. The molecule has 1 heterocycles. The van der Waals surface area contributed by atoms with Crippen LogP contribution in [-0.4, -0.2) is 11.9 Å². The van der Waals surface area contributed by atoms with Gasteiger partial charge >= 0.3 is 0 Å². The van der Waals surface area contributed by atoms with E-state index >= 15 is 0 Å². The predicted molar refractivity (Wildman–Crippen MR) is 29.3 cm³/mol. The van der Waals surface area contributed by atoms with Crippen LogP contribution in [0.1, 0.15) is 19.3 Å². The summed E-state index contributed by atoms with van der Waals surface area (Å²) in [7, 11) is 0. The molecule has 2 fully saturated rings. The molecule has 1 aliphatic carbocycles. The van der Waals surface area contributed by atoms with Crippen LogP contribution in [-0.2, 0) is 4.79 Å². The van der Waals surface area contributed by atoms with Gasteiger partial charge in [-0.15, -0.1) is 0 Å². The maximum Gasteiger partial charge on any atom is 0.223 e. The second-order valence-electron chi connectivity index (χ2n) is 2.72. The molecule has 2 atom stereocenters. The van der Waals surface area contributed by atoms with Gasteiger partial charge < -0.3 is 5.32 Å². The smallest absolute Gasteiger partial charge is 0.223 e. The lowest BCUT2D eigenvalue weighted by atomic mass is 10.1. The summed E-state index contributed by atoms with van der Waals surface area (Å²) in [6.45, 7) is 0. The van der Waals surface area contributed by atoms with Gasteiger partial charge in [0.2, 0.25) is 5.91 Å². The Morgan fingerprint density at radius 1 is 1.50 bits per heavy atom. The quantitative estimate of drug-likeness (QED) is 0.478. The molecular weight excluding hydrogens is 102 g/mol. The van der Waals surface area contributed by atoms with Crippen molar-refractivity contribution in [3.05, 3.63) is 0 Å².